The van der Waals surface area contributed by atoms with Crippen molar-refractivity contribution in [3.05, 3.63) is 173 Å². The van der Waals surface area contributed by atoms with E-state index in [9.17, 15) is 0 Å². The molecule has 0 aliphatic carbocycles. The van der Waals surface area contributed by atoms with Crippen molar-refractivity contribution >= 4 is 21.8 Å². The van der Waals surface area contributed by atoms with Crippen LogP contribution in [0.3, 0.4) is 0 Å². The fourth-order valence-electron chi connectivity index (χ4n) is 9.03. The Morgan fingerprint density at radius 3 is 1.66 bits per heavy atom. The van der Waals surface area contributed by atoms with Gasteiger partial charge < -0.3 is 9.30 Å². The monoisotopic (exact) mass is 927 g/mol. The molecule has 0 bridgehead atoms. The van der Waals surface area contributed by atoms with Crippen LogP contribution in [-0.4, -0.2) is 24.3 Å². The summed E-state index contributed by atoms with van der Waals surface area (Å²) < 4.78 is 13.2. The van der Waals surface area contributed by atoms with Crippen LogP contribution in [0.5, 0.6) is 11.5 Å². The molecule has 5 aromatic carbocycles. The molecule has 358 valence electrons. The summed E-state index contributed by atoms with van der Waals surface area (Å²) in [6.45, 7) is 36.1. The summed E-state index contributed by atoms with van der Waals surface area (Å²) in [5.41, 5.74) is 12.8. The summed E-state index contributed by atoms with van der Waals surface area (Å²) in [7, 11) is 0. The molecule has 4 heterocycles. The van der Waals surface area contributed by atoms with E-state index in [1.165, 1.54) is 22.3 Å². The average Bonchev–Trinajstić information content (AvgIpc) is 3.88. The van der Waals surface area contributed by atoms with E-state index in [1.807, 2.05) is 23.0 Å². The number of pyridine rings is 2. The van der Waals surface area contributed by atoms with E-state index in [1.54, 1.807) is 0 Å². The highest BCUT2D eigenvalue weighted by Crippen LogP contribution is 2.39. The quantitative estimate of drug-likeness (QED) is 0.118. The minimum absolute atomic E-state index is 0.0899. The van der Waals surface area contributed by atoms with E-state index < -0.39 is 0 Å². The molecule has 0 saturated carbocycles. The van der Waals surface area contributed by atoms with Crippen LogP contribution >= 0.6 is 0 Å². The number of fused-ring (bicyclic) bond motifs is 3. The van der Waals surface area contributed by atoms with Crippen molar-refractivity contribution < 1.29 is 9.30 Å². The number of aromatic nitrogens is 6. The molecule has 0 unspecified atom stereocenters. The van der Waals surface area contributed by atoms with Gasteiger partial charge in [-0.2, -0.15) is 0 Å². The van der Waals surface area contributed by atoms with Gasteiger partial charge in [-0.05, 0) is 91.3 Å². The molecule has 4 aromatic heterocycles. The second-order valence-corrected chi connectivity index (χ2v) is 24.4. The van der Waals surface area contributed by atoms with Gasteiger partial charge in [-0.1, -0.05) is 189 Å². The van der Waals surface area contributed by atoms with Crippen molar-refractivity contribution in [3.63, 3.8) is 0 Å². The van der Waals surface area contributed by atoms with Gasteiger partial charge in [0.15, 0.2) is 5.82 Å². The molecule has 7 nitrogen and oxygen atoms in total. The second kappa shape index (κ2) is 17.2. The highest BCUT2D eigenvalue weighted by molar-refractivity contribution is 6.09. The molecule has 0 amide bonds. The summed E-state index contributed by atoms with van der Waals surface area (Å²) in [6.07, 6.45) is 5.72. The Kier molecular flexibility index (Phi) is 11.9. The molecule has 0 N–H and O–H groups in total. The predicted octanol–water partition coefficient (Wildman–Crippen LogP) is 15.8. The third-order valence-corrected chi connectivity index (χ3v) is 13.5. The Labute approximate surface area is 416 Å². The van der Waals surface area contributed by atoms with E-state index >= 15 is 0 Å². The average molecular weight is 927 g/mol. The smallest absolute Gasteiger partial charge is 0.232 e. The van der Waals surface area contributed by atoms with Gasteiger partial charge in [0.05, 0.1) is 11.0 Å². The highest BCUT2D eigenvalue weighted by atomic mass is 16.5. The van der Waals surface area contributed by atoms with Gasteiger partial charge in [-0.15, -0.1) is 4.68 Å². The van der Waals surface area contributed by atoms with Gasteiger partial charge >= 0.3 is 0 Å². The SMILES string of the molecule is Cc1cc(-n2c3ccccc3c3ccc(Oc4cc(-n5[c-][n+](-c6cc(C(C)(C)C)cc(C(C)(C)C)c6)c(-c6cc(C(C)(C)C)cc(C(C)(C)C)c6)n5)nc(C(C)(C)C)c4)cc32)ncc1-c1ccccc1. The van der Waals surface area contributed by atoms with E-state index in [0.717, 1.165) is 67.1 Å². The number of rotatable bonds is 7. The summed E-state index contributed by atoms with van der Waals surface area (Å²) in [5, 5.41) is 7.74. The molecule has 9 rings (SSSR count). The standard InChI is InChI=1S/C63H70N6O/c1-40-28-56(64-38-52(40)41-22-18-17-19-23-41)69-53-25-21-20-24-50(53)51-27-26-48(35-54(51)69)70-49-36-55(63(14,15)16)65-57(37-49)68-39-67(47-33-45(61(8,9)10)32-46(34-47)62(11,12)13)58(66-68)42-29-43(59(2,3)4)31-44(30-42)60(5,6)7/h17-38H,1-16H3. The highest BCUT2D eigenvalue weighted by Gasteiger charge is 2.28. The van der Waals surface area contributed by atoms with E-state index in [4.69, 9.17) is 19.8 Å². The van der Waals surface area contributed by atoms with Crippen molar-refractivity contribution in [1.82, 2.24) is 24.3 Å². The first-order valence-electron chi connectivity index (χ1n) is 24.8. The fourth-order valence-corrected chi connectivity index (χ4v) is 9.03. The normalized spacial score (nSPS) is 12.9. The Morgan fingerprint density at radius 2 is 1.07 bits per heavy atom. The van der Waals surface area contributed by atoms with Crippen molar-refractivity contribution in [3.8, 4) is 51.3 Å². The maximum atomic E-state index is 6.96. The first-order valence-corrected chi connectivity index (χ1v) is 24.8. The van der Waals surface area contributed by atoms with E-state index in [0.29, 0.717) is 17.3 Å². The minimum Gasteiger partial charge on any atom is -0.458 e. The molecule has 0 spiro atoms. The molecule has 0 aliphatic rings. The van der Waals surface area contributed by atoms with Crippen molar-refractivity contribution in [2.24, 2.45) is 0 Å². The Morgan fingerprint density at radius 1 is 0.500 bits per heavy atom. The Balaban J connectivity index is 1.21. The summed E-state index contributed by atoms with van der Waals surface area (Å²) in [4.78, 5) is 10.4. The molecule has 70 heavy (non-hydrogen) atoms. The lowest BCUT2D eigenvalue weighted by Crippen LogP contribution is -2.33. The van der Waals surface area contributed by atoms with Gasteiger partial charge in [0, 0.05) is 63.1 Å². The second-order valence-electron chi connectivity index (χ2n) is 24.4. The van der Waals surface area contributed by atoms with Gasteiger partial charge in [0.1, 0.15) is 17.3 Å². The van der Waals surface area contributed by atoms with E-state index in [2.05, 4.69) is 242 Å². The maximum absolute atomic E-state index is 6.96. The Hall–Kier alpha value is -6.86. The predicted molar refractivity (Wildman–Crippen MR) is 289 cm³/mol. The fraction of sp³-hybridized carbons (Fsp3) is 0.333. The molecular weight excluding hydrogens is 857 g/mol. The topological polar surface area (TPSA) is 61.6 Å². The number of aryl methyl sites for hydroxylation is 1. The van der Waals surface area contributed by atoms with Gasteiger partial charge in [0.25, 0.3) is 0 Å². The first-order chi connectivity index (χ1) is 32.7. The van der Waals surface area contributed by atoms with Gasteiger partial charge in [-0.3, -0.25) is 9.55 Å². The zero-order valence-corrected chi connectivity index (χ0v) is 44.3. The van der Waals surface area contributed by atoms with E-state index in [-0.39, 0.29) is 27.1 Å². The summed E-state index contributed by atoms with van der Waals surface area (Å²) in [5.74, 6) is 3.61. The zero-order valence-electron chi connectivity index (χ0n) is 44.3. The summed E-state index contributed by atoms with van der Waals surface area (Å²) in [6, 6.07) is 45.5. The van der Waals surface area contributed by atoms with Crippen LogP contribution in [0.25, 0.3) is 61.6 Å². The molecule has 0 atom stereocenters. The first kappa shape index (κ1) is 48.2. The third-order valence-electron chi connectivity index (χ3n) is 13.5. The number of hydrogen-bond donors (Lipinski definition) is 0. The van der Waals surface area contributed by atoms with Gasteiger partial charge in [-0.25, -0.2) is 4.98 Å². The summed E-state index contributed by atoms with van der Waals surface area (Å²) >= 11 is 0. The van der Waals surface area contributed by atoms with Crippen LogP contribution in [0.1, 0.15) is 137 Å². The molecule has 0 saturated heterocycles. The molecule has 0 radical (unpaired) electrons. The lowest BCUT2D eigenvalue weighted by Gasteiger charge is -2.27. The molecule has 9 aromatic rings. The maximum Gasteiger partial charge on any atom is 0.232 e. The van der Waals surface area contributed by atoms with Crippen molar-refractivity contribution in [2.45, 2.75) is 138 Å². The lowest BCUT2D eigenvalue weighted by molar-refractivity contribution is -0.589. The third kappa shape index (κ3) is 9.55. The largest absolute Gasteiger partial charge is 0.458 e. The number of ether oxygens (including phenoxy) is 1. The molecule has 7 heteroatoms. The van der Waals surface area contributed by atoms with Crippen LogP contribution in [0.15, 0.2) is 134 Å². The van der Waals surface area contributed by atoms with Crippen LogP contribution in [0, 0.1) is 13.3 Å². The molecular formula is C63H70N6O. The zero-order chi connectivity index (χ0) is 50.3. The number of hydrogen-bond acceptors (Lipinski definition) is 4. The van der Waals surface area contributed by atoms with Gasteiger partial charge in [0.2, 0.25) is 12.2 Å². The van der Waals surface area contributed by atoms with Crippen molar-refractivity contribution in [2.75, 3.05) is 0 Å². The Bertz CT molecular complexity index is 3270. The van der Waals surface area contributed by atoms with Crippen LogP contribution < -0.4 is 9.30 Å². The lowest BCUT2D eigenvalue weighted by atomic mass is 9.79. The van der Waals surface area contributed by atoms with Crippen LogP contribution in [0.4, 0.5) is 0 Å². The number of nitrogens with zero attached hydrogens (tertiary/aromatic N) is 6. The minimum atomic E-state index is -0.308. The molecule has 0 aliphatic heterocycles. The number of para-hydroxylation sites is 1. The number of benzene rings is 5. The van der Waals surface area contributed by atoms with Crippen LogP contribution in [0.2, 0.25) is 0 Å². The molecule has 0 fully saturated rings. The van der Waals surface area contributed by atoms with Crippen LogP contribution in [-0.2, 0) is 27.1 Å². The van der Waals surface area contributed by atoms with Crippen molar-refractivity contribution in [1.29, 1.82) is 0 Å².